The van der Waals surface area contributed by atoms with Gasteiger partial charge in [-0.2, -0.15) is 0 Å². The van der Waals surface area contributed by atoms with Gasteiger partial charge in [-0.05, 0) is 0 Å². The van der Waals surface area contributed by atoms with E-state index in [2.05, 4.69) is 0 Å². The number of halogens is 3. The van der Waals surface area contributed by atoms with Gasteiger partial charge >= 0.3 is 27.7 Å². The first-order valence-corrected chi connectivity index (χ1v) is 0. The van der Waals surface area contributed by atoms with Gasteiger partial charge in [-0.1, -0.05) is 0 Å². The van der Waals surface area contributed by atoms with Crippen molar-refractivity contribution in [1.29, 1.82) is 0 Å². The van der Waals surface area contributed by atoms with Gasteiger partial charge < -0.3 is 24.8 Å². The topological polar surface area (TPSA) is 0 Å². The summed E-state index contributed by atoms with van der Waals surface area (Å²) in [5.41, 5.74) is 0. The minimum absolute atomic E-state index is 0. The quantitative estimate of drug-likeness (QED) is 0.283. The van der Waals surface area contributed by atoms with Crippen molar-refractivity contribution < 1.29 is 52.5 Å². The molecule has 0 unspecified atom stereocenters. The normalized spacial score (nSPS) is 0. The van der Waals surface area contributed by atoms with E-state index in [-0.39, 0.29) is 76.5 Å². The van der Waals surface area contributed by atoms with Crippen LogP contribution in [0.1, 0.15) is 0 Å². The Labute approximate surface area is 75.5 Å². The number of rotatable bonds is 0. The van der Waals surface area contributed by atoms with Gasteiger partial charge in [0.15, 0.2) is 0 Å². The first-order valence-electron chi connectivity index (χ1n) is 0. The summed E-state index contributed by atoms with van der Waals surface area (Å²) in [7, 11) is 0. The zero-order valence-corrected chi connectivity index (χ0v) is 11.0. The molecule has 0 amide bonds. The van der Waals surface area contributed by atoms with Crippen molar-refractivity contribution in [2.75, 3.05) is 0 Å². The smallest absolute Gasteiger partial charge is 1.00 e. The van der Waals surface area contributed by atoms with Crippen molar-refractivity contribution in [1.82, 2.24) is 0 Å². The summed E-state index contributed by atoms with van der Waals surface area (Å²) >= 11 is 0. The Morgan fingerprint density at radius 2 is 0.750 bits per heavy atom. The molecule has 0 aliphatic heterocycles. The van der Waals surface area contributed by atoms with Crippen LogP contribution in [0, 0.1) is 0 Å². The van der Waals surface area contributed by atoms with Crippen LogP contribution in [0.4, 0.5) is 0 Å². The zero-order chi connectivity index (χ0) is 0. The SMILES string of the molecule is [Cl-].[Cl-].[Hg+2].[I]. The molecular formula is Cl2HgI. The van der Waals surface area contributed by atoms with Crippen molar-refractivity contribution in [2.45, 2.75) is 0 Å². The minimum atomic E-state index is 0. The Hall–Kier alpha value is 2.25. The van der Waals surface area contributed by atoms with E-state index in [1.807, 2.05) is 0 Å². The zero-order valence-electron chi connectivity index (χ0n) is 1.84. The average Bonchev–Trinajstić information content (AvgIpc) is 0. The summed E-state index contributed by atoms with van der Waals surface area (Å²) in [6.45, 7) is 0. The van der Waals surface area contributed by atoms with Gasteiger partial charge in [-0.3, -0.25) is 0 Å². The molecule has 0 aromatic heterocycles. The third kappa shape index (κ3) is 8.87. The van der Waals surface area contributed by atoms with E-state index >= 15 is 0 Å². The van der Waals surface area contributed by atoms with Gasteiger partial charge in [0.1, 0.15) is 0 Å². The Bertz CT molecular complexity index is 6.00. The van der Waals surface area contributed by atoms with Gasteiger partial charge in [-0.25, -0.2) is 0 Å². The summed E-state index contributed by atoms with van der Waals surface area (Å²) in [6, 6.07) is 0. The summed E-state index contributed by atoms with van der Waals surface area (Å²) in [4.78, 5) is 0. The van der Waals surface area contributed by atoms with Crippen LogP contribution in [0.3, 0.4) is 0 Å². The molecule has 0 rings (SSSR count). The molecule has 0 aliphatic carbocycles. The minimum Gasteiger partial charge on any atom is -1.00 e. The van der Waals surface area contributed by atoms with Crippen LogP contribution in [-0.4, -0.2) is 0 Å². The molecule has 0 fully saturated rings. The maximum absolute atomic E-state index is 0. The van der Waals surface area contributed by atoms with Gasteiger partial charge in [0.05, 0.1) is 0 Å². The predicted molar refractivity (Wildman–Crippen MR) is 14.0 cm³/mol. The molecule has 0 saturated heterocycles. The summed E-state index contributed by atoms with van der Waals surface area (Å²) in [5, 5.41) is 0. The van der Waals surface area contributed by atoms with Crippen molar-refractivity contribution in [2.24, 2.45) is 0 Å². The standard InChI is InChI=1S/2ClH.Hg.I/h2*1H;;/q;;+2;/p-2. The Balaban J connectivity index is 0. The second-order valence-corrected chi connectivity index (χ2v) is 0. The fourth-order valence-electron chi connectivity index (χ4n) is 0. The van der Waals surface area contributed by atoms with Crippen LogP contribution in [-0.2, 0) is 27.7 Å². The molecule has 0 aromatic carbocycles. The van der Waals surface area contributed by atoms with Gasteiger partial charge in [0.25, 0.3) is 0 Å². The van der Waals surface area contributed by atoms with E-state index in [0.717, 1.165) is 0 Å². The second-order valence-electron chi connectivity index (χ2n) is 0. The molecule has 0 spiro atoms. The maximum Gasteiger partial charge on any atom is 2.00 e. The average molecular weight is 398 g/mol. The van der Waals surface area contributed by atoms with Gasteiger partial charge in [0.2, 0.25) is 0 Å². The molecule has 23 valence electrons. The third-order valence-corrected chi connectivity index (χ3v) is 0. The van der Waals surface area contributed by atoms with Crippen LogP contribution >= 0.6 is 24.0 Å². The largest absolute Gasteiger partial charge is 2.00 e. The van der Waals surface area contributed by atoms with E-state index < -0.39 is 0 Å². The third-order valence-electron chi connectivity index (χ3n) is 0. The first kappa shape index (κ1) is 34.1. The van der Waals surface area contributed by atoms with Crippen molar-refractivity contribution in [3.63, 3.8) is 0 Å². The molecule has 0 aliphatic rings. The van der Waals surface area contributed by atoms with E-state index in [1.54, 1.807) is 0 Å². The van der Waals surface area contributed by atoms with Crippen molar-refractivity contribution in [3.8, 4) is 0 Å². The fraction of sp³-hybridized carbons (Fsp3) is 0. The molecule has 0 nitrogen and oxygen atoms in total. The van der Waals surface area contributed by atoms with E-state index in [9.17, 15) is 0 Å². The first-order chi connectivity index (χ1) is 0. The second kappa shape index (κ2) is 18.8. The molecular weight excluding hydrogens is 398 g/mol. The summed E-state index contributed by atoms with van der Waals surface area (Å²) < 4.78 is 0. The van der Waals surface area contributed by atoms with Crippen LogP contribution in [0.5, 0.6) is 0 Å². The molecule has 1 radical (unpaired) electrons. The van der Waals surface area contributed by atoms with Crippen LogP contribution in [0.2, 0.25) is 0 Å². The Kier molecular flexibility index (Phi) is 160. The number of hydrogen-bond donors (Lipinski definition) is 0. The molecule has 0 heterocycles. The summed E-state index contributed by atoms with van der Waals surface area (Å²) in [6.07, 6.45) is 0. The Morgan fingerprint density at radius 1 is 0.750 bits per heavy atom. The molecule has 0 aromatic rings. The molecule has 0 saturated carbocycles. The number of hydrogen-bond acceptors (Lipinski definition) is 0. The van der Waals surface area contributed by atoms with Crippen LogP contribution in [0.25, 0.3) is 0 Å². The van der Waals surface area contributed by atoms with Crippen LogP contribution < -0.4 is 24.8 Å². The monoisotopic (exact) mass is 399 g/mol. The van der Waals surface area contributed by atoms with Crippen molar-refractivity contribution >= 4 is 24.0 Å². The fourth-order valence-corrected chi connectivity index (χ4v) is 0. The molecule has 4 heavy (non-hydrogen) atoms. The maximum atomic E-state index is 0. The predicted octanol–water partition coefficient (Wildman–Crippen LogP) is -5.11. The van der Waals surface area contributed by atoms with E-state index in [1.165, 1.54) is 0 Å². The van der Waals surface area contributed by atoms with Crippen molar-refractivity contribution in [3.05, 3.63) is 0 Å². The van der Waals surface area contributed by atoms with Gasteiger partial charge in [-0.15, -0.1) is 0 Å². The molecule has 0 atom stereocenters. The van der Waals surface area contributed by atoms with Crippen LogP contribution in [0.15, 0.2) is 0 Å². The van der Waals surface area contributed by atoms with Gasteiger partial charge in [0, 0.05) is 24.0 Å². The van der Waals surface area contributed by atoms with E-state index in [4.69, 9.17) is 0 Å². The summed E-state index contributed by atoms with van der Waals surface area (Å²) in [5.74, 6) is 0. The molecule has 0 N–H and O–H groups in total. The Morgan fingerprint density at radius 3 is 0.750 bits per heavy atom. The molecule has 4 heteroatoms. The van der Waals surface area contributed by atoms with E-state index in [0.29, 0.717) is 0 Å². The molecule has 0 bridgehead atoms.